The molecule has 1 aliphatic heterocycles. The fourth-order valence-corrected chi connectivity index (χ4v) is 2.24. The van der Waals surface area contributed by atoms with E-state index in [1.54, 1.807) is 0 Å². The molecule has 1 aromatic heterocycles. The maximum atomic E-state index is 14.1. The summed E-state index contributed by atoms with van der Waals surface area (Å²) in [5, 5.41) is 21.6. The fraction of sp³-hybridized carbons (Fsp3) is 0.667. The van der Waals surface area contributed by atoms with Gasteiger partial charge in [0.25, 0.3) is 0 Å². The van der Waals surface area contributed by atoms with Crippen molar-refractivity contribution in [1.82, 2.24) is 9.55 Å². The third-order valence-corrected chi connectivity index (χ3v) is 4.07. The Labute approximate surface area is 143 Å². The van der Waals surface area contributed by atoms with Gasteiger partial charge in [0.1, 0.15) is 12.2 Å². The largest absolute Gasteiger partial charge is 0.449 e. The Morgan fingerprint density at radius 3 is 2.76 bits per heavy atom. The van der Waals surface area contributed by atoms with Crippen LogP contribution in [0.5, 0.6) is 0 Å². The molecule has 25 heavy (non-hydrogen) atoms. The number of aliphatic hydroxyl groups excluding tert-OH is 2. The second kappa shape index (κ2) is 7.89. The lowest BCUT2D eigenvalue weighted by Crippen LogP contribution is -2.36. The van der Waals surface area contributed by atoms with Gasteiger partial charge in [-0.05, 0) is 12.8 Å². The van der Waals surface area contributed by atoms with Crippen molar-refractivity contribution in [3.63, 3.8) is 0 Å². The van der Waals surface area contributed by atoms with Crippen LogP contribution in [0.4, 0.5) is 15.0 Å². The molecular formula is C15H22FN3O6. The van der Waals surface area contributed by atoms with Crippen molar-refractivity contribution in [3.8, 4) is 0 Å². The van der Waals surface area contributed by atoms with Gasteiger partial charge in [-0.25, -0.2) is 14.0 Å². The van der Waals surface area contributed by atoms with E-state index in [4.69, 9.17) is 9.47 Å². The van der Waals surface area contributed by atoms with E-state index in [0.29, 0.717) is 0 Å². The van der Waals surface area contributed by atoms with Crippen molar-refractivity contribution < 1.29 is 28.9 Å². The Kier molecular flexibility index (Phi) is 6.09. The Balaban J connectivity index is 2.12. The average Bonchev–Trinajstić information content (AvgIpc) is 2.83. The third kappa shape index (κ3) is 4.33. The zero-order chi connectivity index (χ0) is 18.7. The van der Waals surface area contributed by atoms with Crippen LogP contribution in [0.25, 0.3) is 0 Å². The number of aliphatic hydroxyl groups is 2. The summed E-state index contributed by atoms with van der Waals surface area (Å²) in [6.07, 6.45) is -4.00. The van der Waals surface area contributed by atoms with E-state index in [-0.39, 0.29) is 12.5 Å². The van der Waals surface area contributed by atoms with Gasteiger partial charge in [0.05, 0.1) is 18.9 Å². The third-order valence-electron chi connectivity index (χ3n) is 4.07. The van der Waals surface area contributed by atoms with Gasteiger partial charge in [0.2, 0.25) is 0 Å². The number of hydrogen-bond donors (Lipinski definition) is 3. The minimum absolute atomic E-state index is 0.144. The van der Waals surface area contributed by atoms with Crippen molar-refractivity contribution in [1.29, 1.82) is 0 Å². The molecule has 0 aromatic carbocycles. The van der Waals surface area contributed by atoms with Gasteiger partial charge in [-0.1, -0.05) is 20.3 Å². The molecule has 0 radical (unpaired) electrons. The summed E-state index contributed by atoms with van der Waals surface area (Å²) >= 11 is 0. The molecule has 1 aromatic rings. The topological polar surface area (TPSA) is 123 Å². The highest BCUT2D eigenvalue weighted by Gasteiger charge is 2.42. The van der Waals surface area contributed by atoms with E-state index >= 15 is 0 Å². The maximum absolute atomic E-state index is 14.1. The SMILES string of the molecule is CC[C@H](C)COC(=O)Nc1nc(=O)n([C@@H]2O[C@H](C)[C@H](O)[C@H]2O)cc1F. The van der Waals surface area contributed by atoms with Crippen LogP contribution in [0.1, 0.15) is 33.4 Å². The number of rotatable bonds is 5. The number of carbonyl (C=O) groups excluding carboxylic acids is 1. The van der Waals surface area contributed by atoms with Gasteiger partial charge in [-0.15, -0.1) is 0 Å². The monoisotopic (exact) mass is 359 g/mol. The van der Waals surface area contributed by atoms with E-state index in [1.807, 2.05) is 13.8 Å². The summed E-state index contributed by atoms with van der Waals surface area (Å²) in [6, 6.07) is 0. The van der Waals surface area contributed by atoms with Crippen LogP contribution >= 0.6 is 0 Å². The Hall–Kier alpha value is -2.04. The number of anilines is 1. The van der Waals surface area contributed by atoms with Crippen LogP contribution < -0.4 is 11.0 Å². The number of carbonyl (C=O) groups is 1. The zero-order valence-corrected chi connectivity index (χ0v) is 14.2. The highest BCUT2D eigenvalue weighted by atomic mass is 19.1. The van der Waals surface area contributed by atoms with Crippen LogP contribution in [-0.4, -0.2) is 50.8 Å². The molecule has 0 bridgehead atoms. The van der Waals surface area contributed by atoms with Crippen LogP contribution in [0.15, 0.2) is 11.0 Å². The highest BCUT2D eigenvalue weighted by Crippen LogP contribution is 2.28. The van der Waals surface area contributed by atoms with Gasteiger partial charge in [-0.2, -0.15) is 4.98 Å². The number of halogens is 1. The lowest BCUT2D eigenvalue weighted by atomic mass is 10.1. The van der Waals surface area contributed by atoms with Crippen molar-refractivity contribution in [2.24, 2.45) is 5.92 Å². The minimum atomic E-state index is -1.41. The first-order chi connectivity index (χ1) is 11.7. The van der Waals surface area contributed by atoms with Gasteiger partial charge in [0.15, 0.2) is 17.9 Å². The molecule has 3 N–H and O–H groups in total. The molecule has 9 nitrogen and oxygen atoms in total. The fourth-order valence-electron chi connectivity index (χ4n) is 2.24. The summed E-state index contributed by atoms with van der Waals surface area (Å²) in [7, 11) is 0. The predicted octanol–water partition coefficient (Wildman–Crippen LogP) is 0.616. The number of ether oxygens (including phenoxy) is 2. The highest BCUT2D eigenvalue weighted by molar-refractivity contribution is 5.83. The number of aromatic nitrogens is 2. The second-order valence-corrected chi connectivity index (χ2v) is 6.08. The van der Waals surface area contributed by atoms with Crippen molar-refractivity contribution in [2.75, 3.05) is 11.9 Å². The van der Waals surface area contributed by atoms with Crippen molar-refractivity contribution in [3.05, 3.63) is 22.5 Å². The summed E-state index contributed by atoms with van der Waals surface area (Å²) in [6.45, 7) is 5.48. The lowest BCUT2D eigenvalue weighted by molar-refractivity contribution is -0.0355. The molecule has 5 atom stereocenters. The zero-order valence-electron chi connectivity index (χ0n) is 14.2. The minimum Gasteiger partial charge on any atom is -0.449 e. The van der Waals surface area contributed by atoms with Crippen LogP contribution in [-0.2, 0) is 9.47 Å². The van der Waals surface area contributed by atoms with Crippen molar-refractivity contribution >= 4 is 11.9 Å². The predicted molar refractivity (Wildman–Crippen MR) is 84.5 cm³/mol. The second-order valence-electron chi connectivity index (χ2n) is 6.08. The number of amides is 1. The molecule has 1 fully saturated rings. The van der Waals surface area contributed by atoms with Crippen LogP contribution in [0.3, 0.4) is 0 Å². The molecule has 0 aliphatic carbocycles. The smallest absolute Gasteiger partial charge is 0.412 e. The van der Waals surface area contributed by atoms with Gasteiger partial charge in [-0.3, -0.25) is 9.88 Å². The van der Waals surface area contributed by atoms with Gasteiger partial charge >= 0.3 is 11.8 Å². The van der Waals surface area contributed by atoms with Gasteiger partial charge < -0.3 is 19.7 Å². The van der Waals surface area contributed by atoms with Crippen LogP contribution in [0, 0.1) is 11.7 Å². The van der Waals surface area contributed by atoms with Crippen LogP contribution in [0.2, 0.25) is 0 Å². The molecule has 10 heteroatoms. The van der Waals surface area contributed by atoms with E-state index in [9.17, 15) is 24.2 Å². The molecule has 2 heterocycles. The molecular weight excluding hydrogens is 337 g/mol. The average molecular weight is 359 g/mol. The number of nitrogens with zero attached hydrogens (tertiary/aromatic N) is 2. The first-order valence-corrected chi connectivity index (χ1v) is 7.98. The van der Waals surface area contributed by atoms with Gasteiger partial charge in [0, 0.05) is 0 Å². The van der Waals surface area contributed by atoms with E-state index in [2.05, 4.69) is 10.3 Å². The summed E-state index contributed by atoms with van der Waals surface area (Å²) in [5.74, 6) is -1.45. The quantitative estimate of drug-likeness (QED) is 0.704. The molecule has 0 unspecified atom stereocenters. The molecule has 0 saturated carbocycles. The van der Waals surface area contributed by atoms with E-state index in [0.717, 1.165) is 17.2 Å². The molecule has 0 spiro atoms. The maximum Gasteiger partial charge on any atom is 0.412 e. The normalized spacial score (nSPS) is 27.1. The first kappa shape index (κ1) is 19.3. The Bertz CT molecular complexity index is 682. The molecule has 2 rings (SSSR count). The molecule has 1 amide bonds. The first-order valence-electron chi connectivity index (χ1n) is 7.98. The summed E-state index contributed by atoms with van der Waals surface area (Å²) < 4.78 is 25.0. The van der Waals surface area contributed by atoms with Crippen molar-refractivity contribution in [2.45, 2.75) is 51.7 Å². The standard InChI is InChI=1S/C15H22FN3O6/c1-4-7(2)6-24-15(23)18-12-9(16)5-19(14(22)17-12)13-11(21)10(20)8(3)25-13/h5,7-8,10-11,13,20-21H,4,6H2,1-3H3,(H,17,18,22,23)/t7-,8+,10-,11+,13+/m0/s1. The van der Waals surface area contributed by atoms with E-state index < -0.39 is 48.0 Å². The summed E-state index contributed by atoms with van der Waals surface area (Å²) in [4.78, 5) is 27.1. The molecule has 140 valence electrons. The molecule has 1 saturated heterocycles. The summed E-state index contributed by atoms with van der Waals surface area (Å²) in [5.41, 5.74) is -0.955. The lowest BCUT2D eigenvalue weighted by Gasteiger charge is -2.17. The number of nitrogens with one attached hydrogen (secondary N) is 1. The number of hydrogen-bond acceptors (Lipinski definition) is 7. The van der Waals surface area contributed by atoms with E-state index in [1.165, 1.54) is 6.92 Å². The Morgan fingerprint density at radius 2 is 2.20 bits per heavy atom. The molecule has 1 aliphatic rings. The Morgan fingerprint density at radius 1 is 1.52 bits per heavy atom.